The molecule has 0 amide bonds. The van der Waals surface area contributed by atoms with Gasteiger partial charge in [-0.15, -0.1) is 0 Å². The monoisotopic (exact) mass is 208 g/mol. The number of benzene rings is 1. The molecule has 0 unspecified atom stereocenters. The van der Waals surface area contributed by atoms with Crippen molar-refractivity contribution >= 4 is 11.8 Å². The zero-order chi connectivity index (χ0) is 11.1. The lowest BCUT2D eigenvalue weighted by Gasteiger charge is -2.04. The summed E-state index contributed by atoms with van der Waals surface area (Å²) in [6, 6.07) is 8.81. The second kappa shape index (κ2) is 5.80. The molecule has 1 aromatic carbocycles. The summed E-state index contributed by atoms with van der Waals surface area (Å²) in [6.07, 6.45) is 0. The van der Waals surface area contributed by atoms with E-state index in [0.717, 1.165) is 0 Å². The highest BCUT2D eigenvalue weighted by Gasteiger charge is 2.14. The number of ketones is 1. The summed E-state index contributed by atoms with van der Waals surface area (Å²) in [7, 11) is 0. The van der Waals surface area contributed by atoms with E-state index in [1.807, 2.05) is 6.07 Å². The Morgan fingerprint density at radius 1 is 1.20 bits per heavy atom. The number of esters is 1. The first-order valence-electron chi connectivity index (χ1n) is 4.62. The van der Waals surface area contributed by atoms with Gasteiger partial charge in [0.1, 0.15) is 5.75 Å². The van der Waals surface area contributed by atoms with Crippen LogP contribution in [0.5, 0.6) is 5.75 Å². The topological polar surface area (TPSA) is 52.6 Å². The summed E-state index contributed by atoms with van der Waals surface area (Å²) < 4.78 is 9.61. The van der Waals surface area contributed by atoms with Gasteiger partial charge in [-0.1, -0.05) is 18.2 Å². The fourth-order valence-electron chi connectivity index (χ4n) is 0.936. The lowest BCUT2D eigenvalue weighted by atomic mass is 10.3. The van der Waals surface area contributed by atoms with E-state index in [2.05, 4.69) is 4.74 Å². The lowest BCUT2D eigenvalue weighted by molar-refractivity contribution is -0.154. The second-order valence-corrected chi connectivity index (χ2v) is 2.75. The smallest absolute Gasteiger partial charge is 0.378 e. The lowest BCUT2D eigenvalue weighted by Crippen LogP contribution is -2.23. The third-order valence-electron chi connectivity index (χ3n) is 1.62. The van der Waals surface area contributed by atoms with E-state index in [1.165, 1.54) is 0 Å². The molecular weight excluding hydrogens is 196 g/mol. The van der Waals surface area contributed by atoms with E-state index in [1.54, 1.807) is 31.2 Å². The number of carbonyl (C=O) groups excluding carboxylic acids is 2. The van der Waals surface area contributed by atoms with Gasteiger partial charge in [0.2, 0.25) is 0 Å². The van der Waals surface area contributed by atoms with Gasteiger partial charge in [0, 0.05) is 0 Å². The van der Waals surface area contributed by atoms with E-state index >= 15 is 0 Å². The standard InChI is InChI=1S/C11H12O4/c1-2-14-11(13)10(12)8-15-9-6-4-3-5-7-9/h3-7H,2,8H2,1H3. The first-order valence-corrected chi connectivity index (χ1v) is 4.62. The van der Waals surface area contributed by atoms with Crippen LogP contribution >= 0.6 is 0 Å². The SMILES string of the molecule is CCOC(=O)C(=O)COc1ccccc1. The van der Waals surface area contributed by atoms with E-state index in [9.17, 15) is 9.59 Å². The maximum Gasteiger partial charge on any atom is 0.378 e. The van der Waals surface area contributed by atoms with Gasteiger partial charge in [0.25, 0.3) is 5.78 Å². The molecule has 0 atom stereocenters. The first-order chi connectivity index (χ1) is 7.24. The fourth-order valence-corrected chi connectivity index (χ4v) is 0.936. The van der Waals surface area contributed by atoms with Gasteiger partial charge in [-0.05, 0) is 19.1 Å². The minimum absolute atomic E-state index is 0.190. The van der Waals surface area contributed by atoms with Crippen molar-refractivity contribution in [3.63, 3.8) is 0 Å². The summed E-state index contributed by atoms with van der Waals surface area (Å²) in [6.45, 7) is 1.54. The first kappa shape index (κ1) is 11.2. The molecule has 0 spiro atoms. The molecule has 0 radical (unpaired) electrons. The van der Waals surface area contributed by atoms with Crippen molar-refractivity contribution < 1.29 is 19.1 Å². The minimum atomic E-state index is -0.853. The Morgan fingerprint density at radius 3 is 2.47 bits per heavy atom. The van der Waals surface area contributed by atoms with Crippen LogP contribution in [0.25, 0.3) is 0 Å². The molecule has 0 aromatic heterocycles. The maximum absolute atomic E-state index is 11.1. The van der Waals surface area contributed by atoms with E-state index in [0.29, 0.717) is 5.75 Å². The maximum atomic E-state index is 11.1. The van der Waals surface area contributed by atoms with Crippen LogP contribution in [0, 0.1) is 0 Å². The highest BCUT2D eigenvalue weighted by atomic mass is 16.5. The van der Waals surface area contributed by atoms with Crippen molar-refractivity contribution in [3.05, 3.63) is 30.3 Å². The van der Waals surface area contributed by atoms with Crippen LogP contribution in [0.1, 0.15) is 6.92 Å². The van der Waals surface area contributed by atoms with Crippen LogP contribution in [0.4, 0.5) is 0 Å². The van der Waals surface area contributed by atoms with Gasteiger partial charge in [-0.3, -0.25) is 4.79 Å². The average molecular weight is 208 g/mol. The van der Waals surface area contributed by atoms with Gasteiger partial charge in [-0.2, -0.15) is 0 Å². The van der Waals surface area contributed by atoms with Crippen molar-refractivity contribution in [1.29, 1.82) is 0 Å². The number of rotatable bonds is 5. The number of Topliss-reactive ketones (excluding diaryl/α,β-unsaturated/α-hetero) is 1. The van der Waals surface area contributed by atoms with Gasteiger partial charge >= 0.3 is 5.97 Å². The number of hydrogen-bond donors (Lipinski definition) is 0. The van der Waals surface area contributed by atoms with Crippen LogP contribution in [0.15, 0.2) is 30.3 Å². The fraction of sp³-hybridized carbons (Fsp3) is 0.273. The summed E-state index contributed by atoms with van der Waals surface area (Å²) in [5, 5.41) is 0. The van der Waals surface area contributed by atoms with Gasteiger partial charge < -0.3 is 9.47 Å². The number of carbonyl (C=O) groups is 2. The summed E-state index contributed by atoms with van der Waals surface area (Å²) in [4.78, 5) is 22.0. The highest BCUT2D eigenvalue weighted by Crippen LogP contribution is 2.07. The molecule has 15 heavy (non-hydrogen) atoms. The van der Waals surface area contributed by atoms with Crippen LogP contribution in [0.2, 0.25) is 0 Å². The zero-order valence-electron chi connectivity index (χ0n) is 8.43. The van der Waals surface area contributed by atoms with E-state index < -0.39 is 11.8 Å². The van der Waals surface area contributed by atoms with Crippen molar-refractivity contribution in [2.45, 2.75) is 6.92 Å². The van der Waals surface area contributed by atoms with Crippen molar-refractivity contribution in [2.75, 3.05) is 13.2 Å². The predicted octanol–water partition coefficient (Wildman–Crippen LogP) is 1.20. The third kappa shape index (κ3) is 3.81. The third-order valence-corrected chi connectivity index (χ3v) is 1.62. The molecule has 1 rings (SSSR count). The van der Waals surface area contributed by atoms with Crippen LogP contribution in [0.3, 0.4) is 0 Å². The van der Waals surface area contributed by atoms with Gasteiger partial charge in [-0.25, -0.2) is 4.79 Å². The van der Waals surface area contributed by atoms with Gasteiger partial charge in [0.05, 0.1) is 6.61 Å². The number of hydrogen-bond acceptors (Lipinski definition) is 4. The number of para-hydroxylation sites is 1. The quantitative estimate of drug-likeness (QED) is 0.539. The Kier molecular flexibility index (Phi) is 4.34. The van der Waals surface area contributed by atoms with Crippen LogP contribution in [-0.4, -0.2) is 25.0 Å². The minimum Gasteiger partial charge on any atom is -0.485 e. The molecule has 0 saturated heterocycles. The summed E-state index contributed by atoms with van der Waals surface area (Å²) in [5.41, 5.74) is 0. The Balaban J connectivity index is 2.38. The molecule has 0 aliphatic carbocycles. The Morgan fingerprint density at radius 2 is 1.87 bits per heavy atom. The average Bonchev–Trinajstić information content (AvgIpc) is 2.27. The molecular formula is C11H12O4. The predicted molar refractivity (Wildman–Crippen MR) is 53.6 cm³/mol. The molecule has 0 heterocycles. The van der Waals surface area contributed by atoms with E-state index in [-0.39, 0.29) is 13.2 Å². The van der Waals surface area contributed by atoms with Crippen molar-refractivity contribution in [3.8, 4) is 5.75 Å². The molecule has 4 heteroatoms. The Labute approximate surface area is 87.8 Å². The second-order valence-electron chi connectivity index (χ2n) is 2.75. The molecule has 0 aliphatic heterocycles. The summed E-state index contributed by atoms with van der Waals surface area (Å²) in [5.74, 6) is -0.982. The molecule has 0 fully saturated rings. The molecule has 80 valence electrons. The van der Waals surface area contributed by atoms with Gasteiger partial charge in [0.15, 0.2) is 6.61 Å². The Bertz CT molecular complexity index is 332. The van der Waals surface area contributed by atoms with Crippen molar-refractivity contribution in [1.82, 2.24) is 0 Å². The van der Waals surface area contributed by atoms with E-state index in [4.69, 9.17) is 4.74 Å². The molecule has 0 bridgehead atoms. The normalized spacial score (nSPS) is 9.40. The number of ether oxygens (including phenoxy) is 2. The molecule has 0 N–H and O–H groups in total. The molecule has 0 saturated carbocycles. The molecule has 4 nitrogen and oxygen atoms in total. The summed E-state index contributed by atoms with van der Waals surface area (Å²) >= 11 is 0. The molecule has 0 aliphatic rings. The molecule has 1 aromatic rings. The van der Waals surface area contributed by atoms with Crippen LogP contribution in [-0.2, 0) is 14.3 Å². The zero-order valence-corrected chi connectivity index (χ0v) is 8.43. The van der Waals surface area contributed by atoms with Crippen LogP contribution < -0.4 is 4.74 Å². The van der Waals surface area contributed by atoms with Crippen molar-refractivity contribution in [2.24, 2.45) is 0 Å². The highest BCUT2D eigenvalue weighted by molar-refractivity contribution is 6.34. The largest absolute Gasteiger partial charge is 0.485 e. The Hall–Kier alpha value is -1.84.